The van der Waals surface area contributed by atoms with Gasteiger partial charge in [-0.25, -0.2) is 0 Å². The smallest absolute Gasteiger partial charge is 0.192 e. The van der Waals surface area contributed by atoms with Crippen molar-refractivity contribution in [3.63, 3.8) is 0 Å². The van der Waals surface area contributed by atoms with Gasteiger partial charge in [-0.2, -0.15) is 0 Å². The zero-order valence-corrected chi connectivity index (χ0v) is 30.4. The molecule has 0 unspecified atom stereocenters. The monoisotopic (exact) mass is 582 g/mol. The van der Waals surface area contributed by atoms with E-state index in [1.165, 1.54) is 64.2 Å². The Morgan fingerprint density at radius 1 is 0.692 bits per heavy atom. The molecule has 0 aliphatic carbocycles. The highest BCUT2D eigenvalue weighted by molar-refractivity contribution is 6.74. The van der Waals surface area contributed by atoms with Crippen molar-refractivity contribution in [2.45, 2.75) is 205 Å². The minimum absolute atomic E-state index is 0.153. The lowest BCUT2D eigenvalue weighted by Gasteiger charge is -2.42. The van der Waals surface area contributed by atoms with Crippen molar-refractivity contribution in [1.82, 2.24) is 0 Å². The molecular weight excluding hydrogens is 513 g/mol. The Labute approximate surface area is 247 Å². The van der Waals surface area contributed by atoms with Crippen molar-refractivity contribution >= 4 is 16.6 Å². The van der Waals surface area contributed by atoms with Gasteiger partial charge in [0.05, 0.1) is 24.4 Å². The van der Waals surface area contributed by atoms with Crippen LogP contribution in [0.2, 0.25) is 36.3 Å². The van der Waals surface area contributed by atoms with E-state index in [0.29, 0.717) is 0 Å². The van der Waals surface area contributed by atoms with Gasteiger partial charge in [-0.3, -0.25) is 0 Å². The van der Waals surface area contributed by atoms with Gasteiger partial charge in [0.25, 0.3) is 0 Å². The third-order valence-corrected chi connectivity index (χ3v) is 18.9. The molecule has 0 N–H and O–H groups in total. The summed E-state index contributed by atoms with van der Waals surface area (Å²) in [5, 5.41) is 0.403. The lowest BCUT2D eigenvalue weighted by molar-refractivity contribution is -0.0709. The average molecular weight is 583 g/mol. The van der Waals surface area contributed by atoms with Crippen molar-refractivity contribution in [3.05, 3.63) is 12.7 Å². The summed E-state index contributed by atoms with van der Waals surface area (Å²) in [5.74, 6) is 0. The van der Waals surface area contributed by atoms with Crippen molar-refractivity contribution in [2.24, 2.45) is 0 Å². The molecule has 0 spiro atoms. The second kappa shape index (κ2) is 17.2. The summed E-state index contributed by atoms with van der Waals surface area (Å²) in [5.41, 5.74) is 0. The molecule has 5 heteroatoms. The molecule has 0 aromatic carbocycles. The predicted octanol–water partition coefficient (Wildman–Crippen LogP) is 11.6. The van der Waals surface area contributed by atoms with Crippen LogP contribution in [-0.4, -0.2) is 41.1 Å². The quantitative estimate of drug-likeness (QED) is 0.0811. The average Bonchev–Trinajstić information content (AvgIpc) is 3.31. The highest BCUT2D eigenvalue weighted by Gasteiger charge is 2.45. The molecule has 1 fully saturated rings. The topological polar surface area (TPSA) is 27.7 Å². The number of hydrogen-bond donors (Lipinski definition) is 0. The van der Waals surface area contributed by atoms with Crippen LogP contribution in [0.1, 0.15) is 145 Å². The van der Waals surface area contributed by atoms with E-state index in [9.17, 15) is 0 Å². The molecular formula is C34H70O3Si2. The van der Waals surface area contributed by atoms with Crippen LogP contribution in [-0.2, 0) is 13.6 Å². The van der Waals surface area contributed by atoms with Crippen LogP contribution in [0.15, 0.2) is 12.7 Å². The van der Waals surface area contributed by atoms with Gasteiger partial charge in [-0.1, -0.05) is 119 Å². The normalized spacial score (nSPS) is 20.8. The van der Waals surface area contributed by atoms with Crippen LogP contribution in [0.3, 0.4) is 0 Å². The summed E-state index contributed by atoms with van der Waals surface area (Å²) in [6.07, 6.45) is 21.7. The number of allylic oxidation sites excluding steroid dienone is 1. The molecule has 0 radical (unpaired) electrons. The highest BCUT2D eigenvalue weighted by atomic mass is 28.4. The molecule has 0 amide bonds. The molecule has 1 aliphatic heterocycles. The minimum Gasteiger partial charge on any atom is -0.411 e. The van der Waals surface area contributed by atoms with Crippen molar-refractivity contribution in [1.29, 1.82) is 0 Å². The van der Waals surface area contributed by atoms with Crippen LogP contribution in [0, 0.1) is 0 Å². The first-order valence-corrected chi connectivity index (χ1v) is 22.5. The minimum atomic E-state index is -1.88. The Hall–Kier alpha value is 0.0538. The molecule has 1 aliphatic rings. The third kappa shape index (κ3) is 13.3. The first-order valence-electron chi connectivity index (χ1n) is 16.7. The Morgan fingerprint density at radius 2 is 1.08 bits per heavy atom. The van der Waals surface area contributed by atoms with E-state index < -0.39 is 16.6 Å². The second-order valence-corrected chi connectivity index (χ2v) is 25.0. The largest absolute Gasteiger partial charge is 0.411 e. The molecule has 0 saturated carbocycles. The number of rotatable bonds is 20. The predicted molar refractivity (Wildman–Crippen MR) is 178 cm³/mol. The van der Waals surface area contributed by atoms with E-state index in [4.69, 9.17) is 13.6 Å². The molecule has 1 rings (SSSR count). The van der Waals surface area contributed by atoms with Gasteiger partial charge >= 0.3 is 0 Å². The van der Waals surface area contributed by atoms with Gasteiger partial charge < -0.3 is 13.6 Å². The molecule has 0 bridgehead atoms. The Bertz CT molecular complexity index is 662. The van der Waals surface area contributed by atoms with Gasteiger partial charge in [0.1, 0.15) is 0 Å². The van der Waals surface area contributed by atoms with Gasteiger partial charge in [0.2, 0.25) is 0 Å². The maximum absolute atomic E-state index is 7.10. The molecule has 3 nitrogen and oxygen atoms in total. The van der Waals surface area contributed by atoms with Crippen LogP contribution >= 0.6 is 0 Å². The van der Waals surface area contributed by atoms with E-state index in [0.717, 1.165) is 32.1 Å². The van der Waals surface area contributed by atoms with Crippen LogP contribution in [0.5, 0.6) is 0 Å². The number of unbranched alkanes of at least 4 members (excludes halogenated alkanes) is 9. The van der Waals surface area contributed by atoms with Crippen LogP contribution in [0.4, 0.5) is 0 Å². The van der Waals surface area contributed by atoms with Crippen molar-refractivity contribution in [2.75, 3.05) is 0 Å². The Morgan fingerprint density at radius 3 is 1.46 bits per heavy atom. The van der Waals surface area contributed by atoms with Gasteiger partial charge in [0, 0.05) is 0 Å². The maximum atomic E-state index is 7.10. The van der Waals surface area contributed by atoms with Gasteiger partial charge in [0.15, 0.2) is 16.6 Å². The lowest BCUT2D eigenvalue weighted by atomic mass is 10.0. The zero-order valence-electron chi connectivity index (χ0n) is 28.4. The molecule has 1 heterocycles. The van der Waals surface area contributed by atoms with Crippen LogP contribution in [0.25, 0.3) is 0 Å². The molecule has 4 atom stereocenters. The van der Waals surface area contributed by atoms with E-state index in [2.05, 4.69) is 81.2 Å². The first-order chi connectivity index (χ1) is 18.1. The van der Waals surface area contributed by atoms with E-state index in [1.807, 2.05) is 6.08 Å². The van der Waals surface area contributed by atoms with E-state index in [1.54, 1.807) is 0 Å². The van der Waals surface area contributed by atoms with Gasteiger partial charge in [-0.15, -0.1) is 6.58 Å². The lowest BCUT2D eigenvalue weighted by Crippen LogP contribution is -2.48. The molecule has 232 valence electrons. The Balaban J connectivity index is 2.80. The second-order valence-electron chi connectivity index (χ2n) is 15.5. The SMILES string of the molecule is C=CCC[C@@H](O[Si](C)(C)C(C)(C)C)[C@H]1CC[C@@H]([C@H](CCCCCCCCCCCC)O[Si](C)(C)C(C)(C)C)O1. The number of ether oxygens (including phenoxy) is 1. The summed E-state index contributed by atoms with van der Waals surface area (Å²) in [6, 6.07) is 0. The summed E-state index contributed by atoms with van der Waals surface area (Å²) < 4.78 is 21.0. The van der Waals surface area contributed by atoms with E-state index >= 15 is 0 Å². The molecule has 0 aromatic rings. The van der Waals surface area contributed by atoms with Gasteiger partial charge in [-0.05, 0) is 68.4 Å². The van der Waals surface area contributed by atoms with E-state index in [-0.39, 0.29) is 34.5 Å². The molecule has 1 saturated heterocycles. The fraction of sp³-hybridized carbons (Fsp3) is 0.941. The molecule has 0 aromatic heterocycles. The summed E-state index contributed by atoms with van der Waals surface area (Å²) in [7, 11) is -3.77. The number of hydrogen-bond acceptors (Lipinski definition) is 3. The maximum Gasteiger partial charge on any atom is 0.192 e. The Kier molecular flexibility index (Phi) is 16.4. The summed E-state index contributed by atoms with van der Waals surface area (Å²) >= 11 is 0. The standard InChI is InChI=1S/C34H70O3Si2/c1-13-15-17-18-19-20-21-22-23-24-26-32(37-39(11,12)34(6,7)8)30-28-27-29(35-30)31(25-16-14-2)36-38(9,10)33(3,4)5/h14,29-32H,2,13,15-28H2,1,3-12H3/t29-,30+,31-,32+/m1/s1. The zero-order chi connectivity index (χ0) is 29.7. The highest BCUT2D eigenvalue weighted by Crippen LogP contribution is 2.42. The van der Waals surface area contributed by atoms with Crippen LogP contribution < -0.4 is 0 Å². The summed E-state index contributed by atoms with van der Waals surface area (Å²) in [4.78, 5) is 0. The van der Waals surface area contributed by atoms with Crippen molar-refractivity contribution < 1.29 is 13.6 Å². The summed E-state index contributed by atoms with van der Waals surface area (Å²) in [6.45, 7) is 29.9. The van der Waals surface area contributed by atoms with Crippen molar-refractivity contribution in [3.8, 4) is 0 Å². The fourth-order valence-corrected chi connectivity index (χ4v) is 7.86. The fourth-order valence-electron chi connectivity index (χ4n) is 5.10. The third-order valence-electron chi connectivity index (χ3n) is 9.92. The first kappa shape index (κ1) is 37.1. The molecule has 39 heavy (non-hydrogen) atoms.